The number of hydrogen-bond donors (Lipinski definition) is 2. The molecule has 0 aliphatic heterocycles. The SMILES string of the molecule is CCNC(CC)(CO)CCCOCC1CC1. The molecule has 1 fully saturated rings. The Labute approximate surface area is 99.6 Å². The largest absolute Gasteiger partial charge is 0.394 e. The molecule has 16 heavy (non-hydrogen) atoms. The lowest BCUT2D eigenvalue weighted by molar-refractivity contribution is 0.0978. The summed E-state index contributed by atoms with van der Waals surface area (Å²) in [4.78, 5) is 0. The van der Waals surface area contributed by atoms with Crippen molar-refractivity contribution in [1.82, 2.24) is 5.32 Å². The van der Waals surface area contributed by atoms with Crippen molar-refractivity contribution in [3.8, 4) is 0 Å². The molecule has 0 heterocycles. The van der Waals surface area contributed by atoms with Gasteiger partial charge in [0.15, 0.2) is 0 Å². The van der Waals surface area contributed by atoms with E-state index in [0.717, 1.165) is 44.9 Å². The highest BCUT2D eigenvalue weighted by atomic mass is 16.5. The number of ether oxygens (including phenoxy) is 1. The van der Waals surface area contributed by atoms with Crippen LogP contribution in [0, 0.1) is 5.92 Å². The van der Waals surface area contributed by atoms with Crippen LogP contribution in [-0.4, -0.2) is 37.0 Å². The van der Waals surface area contributed by atoms with Crippen molar-refractivity contribution in [3.05, 3.63) is 0 Å². The maximum atomic E-state index is 9.46. The van der Waals surface area contributed by atoms with E-state index in [1.165, 1.54) is 12.8 Å². The zero-order valence-corrected chi connectivity index (χ0v) is 10.8. The fourth-order valence-corrected chi connectivity index (χ4v) is 2.06. The van der Waals surface area contributed by atoms with Gasteiger partial charge in [-0.25, -0.2) is 0 Å². The van der Waals surface area contributed by atoms with Gasteiger partial charge in [0.1, 0.15) is 0 Å². The minimum atomic E-state index is -0.0856. The van der Waals surface area contributed by atoms with Crippen LogP contribution in [0.15, 0.2) is 0 Å². The number of aliphatic hydroxyl groups is 1. The molecular weight excluding hydrogens is 202 g/mol. The summed E-state index contributed by atoms with van der Waals surface area (Å²) >= 11 is 0. The maximum absolute atomic E-state index is 9.46. The lowest BCUT2D eigenvalue weighted by Crippen LogP contribution is -2.48. The smallest absolute Gasteiger partial charge is 0.0613 e. The molecule has 0 aromatic carbocycles. The van der Waals surface area contributed by atoms with E-state index < -0.39 is 0 Å². The summed E-state index contributed by atoms with van der Waals surface area (Å²) in [5, 5.41) is 12.9. The van der Waals surface area contributed by atoms with Gasteiger partial charge in [-0.1, -0.05) is 13.8 Å². The first-order valence-corrected chi connectivity index (χ1v) is 6.70. The van der Waals surface area contributed by atoms with E-state index in [9.17, 15) is 5.11 Å². The first-order chi connectivity index (χ1) is 7.76. The predicted octanol–water partition coefficient (Wildman–Crippen LogP) is 1.94. The minimum Gasteiger partial charge on any atom is -0.394 e. The normalized spacial score (nSPS) is 19.7. The van der Waals surface area contributed by atoms with Crippen LogP contribution in [0.5, 0.6) is 0 Å². The van der Waals surface area contributed by atoms with Crippen molar-refractivity contribution in [2.75, 3.05) is 26.4 Å². The monoisotopic (exact) mass is 229 g/mol. The minimum absolute atomic E-state index is 0.0856. The second kappa shape index (κ2) is 7.25. The van der Waals surface area contributed by atoms with E-state index in [-0.39, 0.29) is 12.1 Å². The molecule has 1 saturated carbocycles. The molecule has 0 spiro atoms. The van der Waals surface area contributed by atoms with Gasteiger partial charge in [0, 0.05) is 18.8 Å². The number of nitrogens with one attached hydrogen (secondary N) is 1. The summed E-state index contributed by atoms with van der Waals surface area (Å²) in [6.45, 7) is 7.13. The highest BCUT2D eigenvalue weighted by Crippen LogP contribution is 2.28. The second-order valence-corrected chi connectivity index (χ2v) is 4.94. The van der Waals surface area contributed by atoms with Gasteiger partial charge in [-0.05, 0) is 44.6 Å². The molecule has 0 amide bonds. The predicted molar refractivity (Wildman–Crippen MR) is 66.6 cm³/mol. The van der Waals surface area contributed by atoms with Crippen LogP contribution < -0.4 is 5.32 Å². The third kappa shape index (κ3) is 4.81. The van der Waals surface area contributed by atoms with Gasteiger partial charge >= 0.3 is 0 Å². The maximum Gasteiger partial charge on any atom is 0.0613 e. The summed E-state index contributed by atoms with van der Waals surface area (Å²) in [5.41, 5.74) is -0.0856. The molecule has 1 unspecified atom stereocenters. The van der Waals surface area contributed by atoms with Gasteiger partial charge in [-0.15, -0.1) is 0 Å². The van der Waals surface area contributed by atoms with Crippen LogP contribution in [0.4, 0.5) is 0 Å². The second-order valence-electron chi connectivity index (χ2n) is 4.94. The van der Waals surface area contributed by atoms with Gasteiger partial charge in [0.25, 0.3) is 0 Å². The number of rotatable bonds is 10. The molecule has 3 nitrogen and oxygen atoms in total. The first kappa shape index (κ1) is 13.9. The standard InChI is InChI=1S/C13H27NO2/c1-3-13(11-15,14-4-2)8-5-9-16-10-12-6-7-12/h12,14-15H,3-11H2,1-2H3. The van der Waals surface area contributed by atoms with Gasteiger partial charge in [0.2, 0.25) is 0 Å². The molecule has 0 bridgehead atoms. The Bertz CT molecular complexity index is 177. The molecule has 1 aliphatic carbocycles. The Kier molecular flexibility index (Phi) is 6.32. The van der Waals surface area contributed by atoms with Crippen LogP contribution in [0.25, 0.3) is 0 Å². The molecule has 1 aliphatic rings. The first-order valence-electron chi connectivity index (χ1n) is 6.70. The number of hydrogen-bond acceptors (Lipinski definition) is 3. The summed E-state index contributed by atoms with van der Waals surface area (Å²) in [7, 11) is 0. The summed E-state index contributed by atoms with van der Waals surface area (Å²) in [5.74, 6) is 0.850. The van der Waals surface area contributed by atoms with Crippen molar-refractivity contribution in [2.24, 2.45) is 5.92 Å². The Morgan fingerprint density at radius 1 is 1.38 bits per heavy atom. The Morgan fingerprint density at radius 3 is 2.62 bits per heavy atom. The summed E-state index contributed by atoms with van der Waals surface area (Å²) in [6.07, 6.45) is 5.71. The lowest BCUT2D eigenvalue weighted by Gasteiger charge is -2.31. The fraction of sp³-hybridized carbons (Fsp3) is 1.00. The van der Waals surface area contributed by atoms with E-state index in [1.54, 1.807) is 0 Å². The zero-order valence-electron chi connectivity index (χ0n) is 10.8. The Morgan fingerprint density at radius 2 is 2.12 bits per heavy atom. The van der Waals surface area contributed by atoms with Crippen molar-refractivity contribution in [3.63, 3.8) is 0 Å². The Balaban J connectivity index is 2.09. The van der Waals surface area contributed by atoms with Crippen molar-refractivity contribution < 1.29 is 9.84 Å². The number of aliphatic hydroxyl groups excluding tert-OH is 1. The third-order valence-corrected chi connectivity index (χ3v) is 3.53. The summed E-state index contributed by atoms with van der Waals surface area (Å²) in [6, 6.07) is 0. The van der Waals surface area contributed by atoms with E-state index in [4.69, 9.17) is 4.74 Å². The molecule has 0 saturated heterocycles. The molecular formula is C13H27NO2. The van der Waals surface area contributed by atoms with Crippen LogP contribution >= 0.6 is 0 Å². The zero-order chi connectivity index (χ0) is 11.9. The van der Waals surface area contributed by atoms with E-state index in [0.29, 0.717) is 0 Å². The lowest BCUT2D eigenvalue weighted by atomic mass is 9.91. The average molecular weight is 229 g/mol. The van der Waals surface area contributed by atoms with Crippen molar-refractivity contribution >= 4 is 0 Å². The van der Waals surface area contributed by atoms with E-state index in [1.807, 2.05) is 0 Å². The van der Waals surface area contributed by atoms with Gasteiger partial charge in [-0.3, -0.25) is 0 Å². The molecule has 2 N–H and O–H groups in total. The topological polar surface area (TPSA) is 41.5 Å². The summed E-state index contributed by atoms with van der Waals surface area (Å²) < 4.78 is 5.61. The molecule has 1 atom stereocenters. The van der Waals surface area contributed by atoms with Crippen molar-refractivity contribution in [2.45, 2.75) is 51.5 Å². The molecule has 0 aromatic rings. The third-order valence-electron chi connectivity index (χ3n) is 3.53. The number of likely N-dealkylation sites (N-methyl/N-ethyl adjacent to an activating group) is 1. The van der Waals surface area contributed by atoms with Crippen LogP contribution in [0.1, 0.15) is 46.0 Å². The molecule has 1 rings (SSSR count). The van der Waals surface area contributed by atoms with Crippen molar-refractivity contribution in [1.29, 1.82) is 0 Å². The molecule has 96 valence electrons. The van der Waals surface area contributed by atoms with Gasteiger partial charge in [0.05, 0.1) is 6.61 Å². The van der Waals surface area contributed by atoms with Crippen LogP contribution in [-0.2, 0) is 4.74 Å². The molecule has 0 aromatic heterocycles. The molecule has 0 radical (unpaired) electrons. The van der Waals surface area contributed by atoms with E-state index >= 15 is 0 Å². The van der Waals surface area contributed by atoms with Crippen LogP contribution in [0.3, 0.4) is 0 Å². The average Bonchev–Trinajstić information content (AvgIpc) is 3.11. The van der Waals surface area contributed by atoms with Gasteiger partial charge in [-0.2, -0.15) is 0 Å². The highest BCUT2D eigenvalue weighted by Gasteiger charge is 2.25. The van der Waals surface area contributed by atoms with E-state index in [2.05, 4.69) is 19.2 Å². The fourth-order valence-electron chi connectivity index (χ4n) is 2.06. The van der Waals surface area contributed by atoms with Gasteiger partial charge < -0.3 is 15.2 Å². The molecule has 3 heteroatoms. The quantitative estimate of drug-likeness (QED) is 0.563. The van der Waals surface area contributed by atoms with Crippen LogP contribution in [0.2, 0.25) is 0 Å². The highest BCUT2D eigenvalue weighted by molar-refractivity contribution is 4.85. The Hall–Kier alpha value is -0.120.